The van der Waals surface area contributed by atoms with Crippen LogP contribution in [0.25, 0.3) is 11.0 Å². The predicted molar refractivity (Wildman–Crippen MR) is 81.8 cm³/mol. The summed E-state index contributed by atoms with van der Waals surface area (Å²) in [5, 5.41) is 2.91. The molecule has 1 aromatic heterocycles. The number of rotatable bonds is 3. The van der Waals surface area contributed by atoms with E-state index in [1.807, 2.05) is 24.0 Å². The van der Waals surface area contributed by atoms with Gasteiger partial charge in [-0.1, -0.05) is 6.07 Å². The summed E-state index contributed by atoms with van der Waals surface area (Å²) in [6, 6.07) is 6.03. The Morgan fingerprint density at radius 2 is 2.43 bits per heavy atom. The van der Waals surface area contributed by atoms with E-state index in [0.717, 1.165) is 36.4 Å². The highest BCUT2D eigenvalue weighted by Crippen LogP contribution is 2.15. The van der Waals surface area contributed by atoms with Crippen LogP contribution in [-0.2, 0) is 6.54 Å². The summed E-state index contributed by atoms with van der Waals surface area (Å²) >= 11 is 0. The molecule has 1 aromatic carbocycles. The molecule has 4 N–H and O–H groups in total. The number of aryl methyl sites for hydroxylation is 1. The Kier molecular flexibility index (Phi) is 3.79. The molecule has 1 aliphatic rings. The van der Waals surface area contributed by atoms with Crippen molar-refractivity contribution in [2.45, 2.75) is 19.9 Å². The number of nitrogens with one attached hydrogen (secondary N) is 2. The molecule has 6 heteroatoms. The Bertz CT molecular complexity index is 651. The van der Waals surface area contributed by atoms with E-state index in [4.69, 9.17) is 5.73 Å². The quantitative estimate of drug-likeness (QED) is 0.796. The first-order chi connectivity index (χ1) is 10.2. The number of nitrogens with zero attached hydrogens (tertiary/aromatic N) is 2. The van der Waals surface area contributed by atoms with E-state index in [1.54, 1.807) is 0 Å². The Morgan fingerprint density at radius 3 is 3.19 bits per heavy atom. The number of benzene rings is 1. The largest absolute Gasteiger partial charge is 0.340 e. The molecule has 0 saturated carbocycles. The minimum absolute atomic E-state index is 0.0393. The molecule has 1 fully saturated rings. The summed E-state index contributed by atoms with van der Waals surface area (Å²) < 4.78 is 0. The second-order valence-corrected chi connectivity index (χ2v) is 5.70. The van der Waals surface area contributed by atoms with Gasteiger partial charge in [0.05, 0.1) is 17.6 Å². The Morgan fingerprint density at radius 1 is 1.57 bits per heavy atom. The van der Waals surface area contributed by atoms with E-state index < -0.39 is 0 Å². The smallest absolute Gasteiger partial charge is 0.317 e. The van der Waals surface area contributed by atoms with Crippen LogP contribution in [0.3, 0.4) is 0 Å². The van der Waals surface area contributed by atoms with Gasteiger partial charge in [-0.25, -0.2) is 9.78 Å². The van der Waals surface area contributed by atoms with E-state index in [0.29, 0.717) is 19.0 Å². The number of imidazole rings is 1. The molecule has 1 saturated heterocycles. The van der Waals surface area contributed by atoms with Gasteiger partial charge in [0, 0.05) is 13.1 Å². The van der Waals surface area contributed by atoms with Crippen LogP contribution in [0.2, 0.25) is 0 Å². The number of H-pyrrole nitrogens is 1. The number of carbonyl (C=O) groups is 1. The van der Waals surface area contributed by atoms with Crippen molar-refractivity contribution >= 4 is 17.1 Å². The number of nitrogens with two attached hydrogens (primary N) is 1. The van der Waals surface area contributed by atoms with Crippen molar-refractivity contribution in [1.82, 2.24) is 20.2 Å². The lowest BCUT2D eigenvalue weighted by Crippen LogP contribution is -2.38. The van der Waals surface area contributed by atoms with Gasteiger partial charge in [0.25, 0.3) is 0 Å². The zero-order valence-corrected chi connectivity index (χ0v) is 12.2. The second-order valence-electron chi connectivity index (χ2n) is 5.70. The van der Waals surface area contributed by atoms with E-state index >= 15 is 0 Å². The van der Waals surface area contributed by atoms with Gasteiger partial charge in [-0.3, -0.25) is 0 Å². The number of aromatic amines is 1. The van der Waals surface area contributed by atoms with Gasteiger partial charge in [-0.15, -0.1) is 0 Å². The highest BCUT2D eigenvalue weighted by atomic mass is 16.2. The first-order valence-corrected chi connectivity index (χ1v) is 7.34. The molecule has 1 aliphatic heterocycles. The number of fused-ring (bicyclic) bond motifs is 1. The molecule has 0 unspecified atom stereocenters. The molecular formula is C15H21N5O. The zero-order chi connectivity index (χ0) is 14.8. The SMILES string of the molecule is Cc1ccc2nc(CNC(=O)N3CC[C@H](CN)C3)[nH]c2c1. The van der Waals surface area contributed by atoms with Crippen LogP contribution in [0, 0.1) is 12.8 Å². The molecular weight excluding hydrogens is 266 g/mol. The van der Waals surface area contributed by atoms with Gasteiger partial charge in [-0.05, 0) is 43.5 Å². The van der Waals surface area contributed by atoms with Crippen molar-refractivity contribution in [1.29, 1.82) is 0 Å². The minimum Gasteiger partial charge on any atom is -0.340 e. The number of hydrogen-bond acceptors (Lipinski definition) is 3. The van der Waals surface area contributed by atoms with Crippen LogP contribution in [0.1, 0.15) is 17.8 Å². The predicted octanol–water partition coefficient (Wildman–Crippen LogP) is 1.36. The van der Waals surface area contributed by atoms with Crippen molar-refractivity contribution in [2.24, 2.45) is 11.7 Å². The summed E-state index contributed by atoms with van der Waals surface area (Å²) in [6.07, 6.45) is 0.994. The highest BCUT2D eigenvalue weighted by molar-refractivity contribution is 5.76. The van der Waals surface area contributed by atoms with E-state index in [-0.39, 0.29) is 6.03 Å². The maximum Gasteiger partial charge on any atom is 0.317 e. The second kappa shape index (κ2) is 5.73. The number of urea groups is 1. The minimum atomic E-state index is -0.0393. The van der Waals surface area contributed by atoms with E-state index in [2.05, 4.69) is 21.4 Å². The van der Waals surface area contributed by atoms with Crippen molar-refractivity contribution in [3.8, 4) is 0 Å². The fourth-order valence-electron chi connectivity index (χ4n) is 2.74. The lowest BCUT2D eigenvalue weighted by atomic mass is 10.1. The Balaban J connectivity index is 1.60. The van der Waals surface area contributed by atoms with Crippen molar-refractivity contribution in [2.75, 3.05) is 19.6 Å². The van der Waals surface area contributed by atoms with Gasteiger partial charge < -0.3 is 20.9 Å². The van der Waals surface area contributed by atoms with Crippen LogP contribution in [-0.4, -0.2) is 40.5 Å². The molecule has 3 rings (SSSR count). The third-order valence-electron chi connectivity index (χ3n) is 4.00. The first-order valence-electron chi connectivity index (χ1n) is 7.34. The van der Waals surface area contributed by atoms with Gasteiger partial charge in [0.15, 0.2) is 0 Å². The molecule has 0 aliphatic carbocycles. The molecule has 0 radical (unpaired) electrons. The van der Waals surface area contributed by atoms with E-state index in [1.165, 1.54) is 5.56 Å². The fourth-order valence-corrected chi connectivity index (χ4v) is 2.74. The van der Waals surface area contributed by atoms with Crippen molar-refractivity contribution < 1.29 is 4.79 Å². The summed E-state index contributed by atoms with van der Waals surface area (Å²) in [4.78, 5) is 21.6. The van der Waals surface area contributed by atoms with Gasteiger partial charge in [-0.2, -0.15) is 0 Å². The van der Waals surface area contributed by atoms with Gasteiger partial charge >= 0.3 is 6.03 Å². The molecule has 0 spiro atoms. The topological polar surface area (TPSA) is 87.0 Å². The highest BCUT2D eigenvalue weighted by Gasteiger charge is 2.24. The number of likely N-dealkylation sites (tertiary alicyclic amines) is 1. The van der Waals surface area contributed by atoms with Crippen LogP contribution in [0.15, 0.2) is 18.2 Å². The molecule has 2 aromatic rings. The maximum atomic E-state index is 12.1. The molecule has 112 valence electrons. The molecule has 2 heterocycles. The molecule has 1 atom stereocenters. The van der Waals surface area contributed by atoms with Crippen molar-refractivity contribution in [3.63, 3.8) is 0 Å². The fraction of sp³-hybridized carbons (Fsp3) is 0.467. The normalized spacial score (nSPS) is 18.4. The third-order valence-corrected chi connectivity index (χ3v) is 4.00. The standard InChI is InChI=1S/C15H21N5O/c1-10-2-3-12-13(6-10)19-14(18-12)8-17-15(21)20-5-4-11(7-16)9-20/h2-3,6,11H,4-5,7-9,16H2,1H3,(H,17,21)(H,18,19)/t11-/m1/s1. The summed E-state index contributed by atoms with van der Waals surface area (Å²) in [6.45, 7) is 4.64. The van der Waals surface area contributed by atoms with Crippen LogP contribution in [0.4, 0.5) is 4.79 Å². The maximum absolute atomic E-state index is 12.1. The number of hydrogen-bond donors (Lipinski definition) is 3. The Hall–Kier alpha value is -2.08. The first kappa shape index (κ1) is 13.9. The van der Waals surface area contributed by atoms with Gasteiger partial charge in [0.2, 0.25) is 0 Å². The molecule has 6 nitrogen and oxygen atoms in total. The van der Waals surface area contributed by atoms with Crippen LogP contribution in [0.5, 0.6) is 0 Å². The summed E-state index contributed by atoms with van der Waals surface area (Å²) in [7, 11) is 0. The average molecular weight is 287 g/mol. The Labute approximate surface area is 123 Å². The number of carbonyl (C=O) groups excluding carboxylic acids is 1. The molecule has 21 heavy (non-hydrogen) atoms. The lowest BCUT2D eigenvalue weighted by molar-refractivity contribution is 0.206. The summed E-state index contributed by atoms with van der Waals surface area (Å²) in [5.74, 6) is 1.21. The van der Waals surface area contributed by atoms with Crippen molar-refractivity contribution in [3.05, 3.63) is 29.6 Å². The van der Waals surface area contributed by atoms with Gasteiger partial charge in [0.1, 0.15) is 5.82 Å². The average Bonchev–Trinajstić information content (AvgIpc) is 3.10. The third kappa shape index (κ3) is 3.00. The zero-order valence-electron chi connectivity index (χ0n) is 12.2. The van der Waals surface area contributed by atoms with E-state index in [9.17, 15) is 4.79 Å². The number of amides is 2. The monoisotopic (exact) mass is 287 g/mol. The molecule has 2 amide bonds. The van der Waals surface area contributed by atoms with Crippen LogP contribution >= 0.6 is 0 Å². The van der Waals surface area contributed by atoms with Crippen LogP contribution < -0.4 is 11.1 Å². The number of aromatic nitrogens is 2. The summed E-state index contributed by atoms with van der Waals surface area (Å²) in [5.41, 5.74) is 8.76. The lowest BCUT2D eigenvalue weighted by Gasteiger charge is -2.16. The molecule has 0 bridgehead atoms.